The first-order valence-electron chi connectivity index (χ1n) is 8.65. The molecule has 3 rings (SSSR count). The fraction of sp³-hybridized carbons (Fsp3) is 0.684. The van der Waals surface area contributed by atoms with Gasteiger partial charge in [-0.05, 0) is 58.4 Å². The van der Waals surface area contributed by atoms with E-state index in [0.29, 0.717) is 11.7 Å². The van der Waals surface area contributed by atoms with Crippen molar-refractivity contribution < 1.29 is 15.3 Å². The molecule has 1 saturated heterocycles. The molecule has 152 valence electrons. The van der Waals surface area contributed by atoms with Gasteiger partial charge in [0.2, 0.25) is 0 Å². The molecule has 0 spiro atoms. The summed E-state index contributed by atoms with van der Waals surface area (Å²) in [6.07, 6.45) is 0. The summed E-state index contributed by atoms with van der Waals surface area (Å²) in [5, 5.41) is 10.5. The molecular formula is C19H34Cl2N2O3. The summed E-state index contributed by atoms with van der Waals surface area (Å²) in [6.45, 7) is 15.9. The van der Waals surface area contributed by atoms with E-state index in [-0.39, 0.29) is 35.9 Å². The Morgan fingerprint density at radius 1 is 1.00 bits per heavy atom. The molecule has 0 amide bonds. The molecule has 0 bridgehead atoms. The van der Waals surface area contributed by atoms with Crippen LogP contribution in [0.5, 0.6) is 11.5 Å². The van der Waals surface area contributed by atoms with Crippen molar-refractivity contribution in [2.24, 2.45) is 0 Å². The Kier molecular flexibility index (Phi) is 8.73. The molecule has 2 aliphatic heterocycles. The minimum Gasteiger partial charge on any atom is -0.507 e. The van der Waals surface area contributed by atoms with Crippen LogP contribution >= 0.6 is 24.8 Å². The molecule has 2 heterocycles. The average molecular weight is 409 g/mol. The number of hydrogen-bond acceptors (Lipinski definition) is 4. The molecule has 1 atom stereocenters. The number of hydrogen-bond donors (Lipinski definition) is 1. The summed E-state index contributed by atoms with van der Waals surface area (Å²) in [7, 11) is 2.18. The summed E-state index contributed by atoms with van der Waals surface area (Å²) in [4.78, 5) is 4.92. The Morgan fingerprint density at radius 3 is 2.08 bits per heavy atom. The van der Waals surface area contributed by atoms with Crippen molar-refractivity contribution in [1.29, 1.82) is 0 Å². The van der Waals surface area contributed by atoms with Crippen molar-refractivity contribution in [2.75, 3.05) is 39.8 Å². The van der Waals surface area contributed by atoms with Gasteiger partial charge in [-0.1, -0.05) is 0 Å². The zero-order chi connectivity index (χ0) is 16.9. The SMILES string of the molecule is Cc1c(C)c2c(c(C)c1O)C(CN1CCN(C)CC1)C(C)(C)O2.Cl.Cl.O. The largest absolute Gasteiger partial charge is 0.507 e. The Hall–Kier alpha value is -0.720. The van der Waals surface area contributed by atoms with Crippen molar-refractivity contribution in [2.45, 2.75) is 46.1 Å². The van der Waals surface area contributed by atoms with Crippen molar-refractivity contribution in [3.05, 3.63) is 22.3 Å². The average Bonchev–Trinajstić information content (AvgIpc) is 2.77. The van der Waals surface area contributed by atoms with Crippen molar-refractivity contribution in [3.8, 4) is 11.5 Å². The van der Waals surface area contributed by atoms with Gasteiger partial charge < -0.3 is 25.1 Å². The summed E-state index contributed by atoms with van der Waals surface area (Å²) in [6, 6.07) is 0. The second kappa shape index (κ2) is 8.98. The third kappa shape index (κ3) is 4.23. The van der Waals surface area contributed by atoms with Crippen LogP contribution in [0.2, 0.25) is 0 Å². The van der Waals surface area contributed by atoms with Gasteiger partial charge >= 0.3 is 0 Å². The van der Waals surface area contributed by atoms with Crippen molar-refractivity contribution in [1.82, 2.24) is 9.80 Å². The van der Waals surface area contributed by atoms with E-state index in [1.807, 2.05) is 13.8 Å². The third-order valence-corrected chi connectivity index (χ3v) is 5.85. The van der Waals surface area contributed by atoms with Gasteiger partial charge in [-0.3, -0.25) is 0 Å². The number of phenolic OH excluding ortho intramolecular Hbond substituents is 1. The number of phenols is 1. The molecule has 0 aliphatic carbocycles. The van der Waals surface area contributed by atoms with Gasteiger partial charge in [0.15, 0.2) is 0 Å². The fourth-order valence-corrected chi connectivity index (χ4v) is 3.96. The second-order valence-electron chi connectivity index (χ2n) is 7.83. The van der Waals surface area contributed by atoms with Crippen molar-refractivity contribution >= 4 is 24.8 Å². The second-order valence-corrected chi connectivity index (χ2v) is 7.83. The van der Waals surface area contributed by atoms with Crippen LogP contribution in [0.3, 0.4) is 0 Å². The van der Waals surface area contributed by atoms with Gasteiger partial charge in [-0.25, -0.2) is 0 Å². The fourth-order valence-electron chi connectivity index (χ4n) is 3.96. The molecule has 3 N–H and O–H groups in total. The van der Waals surface area contributed by atoms with Crippen LogP contribution < -0.4 is 4.74 Å². The lowest BCUT2D eigenvalue weighted by Gasteiger charge is -2.36. The first-order chi connectivity index (χ1) is 10.7. The number of fused-ring (bicyclic) bond motifs is 1. The van der Waals surface area contributed by atoms with E-state index < -0.39 is 0 Å². The molecular weight excluding hydrogens is 375 g/mol. The highest BCUT2D eigenvalue weighted by Crippen LogP contribution is 2.51. The number of aromatic hydroxyl groups is 1. The number of halogens is 2. The van der Waals surface area contributed by atoms with Crippen LogP contribution in [0.15, 0.2) is 0 Å². The van der Waals surface area contributed by atoms with Crippen LogP contribution in [0.4, 0.5) is 0 Å². The van der Waals surface area contributed by atoms with Crippen molar-refractivity contribution in [3.63, 3.8) is 0 Å². The first kappa shape index (κ1) is 25.3. The zero-order valence-electron chi connectivity index (χ0n) is 16.7. The van der Waals surface area contributed by atoms with E-state index >= 15 is 0 Å². The Bertz CT molecular complexity index is 630. The highest BCUT2D eigenvalue weighted by molar-refractivity contribution is 5.85. The summed E-state index contributed by atoms with van der Waals surface area (Å²) in [5.74, 6) is 1.74. The normalized spacial score (nSPS) is 21.7. The van der Waals surface area contributed by atoms with E-state index in [1.54, 1.807) is 0 Å². The van der Waals surface area contributed by atoms with Crippen LogP contribution in [0.25, 0.3) is 0 Å². The van der Waals surface area contributed by atoms with Gasteiger partial charge in [-0.2, -0.15) is 0 Å². The standard InChI is InChI=1S/C19H30N2O2.2ClH.H2O/c1-12-13(2)18-16(14(3)17(12)22)15(19(4,5)23-18)11-21-9-7-20(6)8-10-21;;;/h15,22H,7-11H2,1-6H3;2*1H;1H2. The Labute approximate surface area is 169 Å². The zero-order valence-corrected chi connectivity index (χ0v) is 18.3. The summed E-state index contributed by atoms with van der Waals surface area (Å²) in [5.41, 5.74) is 4.00. The molecule has 1 aromatic carbocycles. The molecule has 0 aromatic heterocycles. The predicted octanol–water partition coefficient (Wildman–Crippen LogP) is 2.84. The molecule has 5 nitrogen and oxygen atoms in total. The highest BCUT2D eigenvalue weighted by atomic mass is 35.5. The monoisotopic (exact) mass is 408 g/mol. The van der Waals surface area contributed by atoms with Crippen LogP contribution in [-0.4, -0.2) is 65.8 Å². The number of ether oxygens (including phenoxy) is 1. The number of rotatable bonds is 2. The molecule has 0 radical (unpaired) electrons. The molecule has 2 aliphatic rings. The van der Waals surface area contributed by atoms with Crippen LogP contribution in [-0.2, 0) is 0 Å². The Balaban J connectivity index is 0.00000208. The van der Waals surface area contributed by atoms with E-state index in [1.165, 1.54) is 5.56 Å². The minimum atomic E-state index is -0.235. The predicted molar refractivity (Wildman–Crippen MR) is 112 cm³/mol. The maximum Gasteiger partial charge on any atom is 0.127 e. The van der Waals surface area contributed by atoms with Gasteiger partial charge in [0.25, 0.3) is 0 Å². The lowest BCUT2D eigenvalue weighted by atomic mass is 9.82. The first-order valence-corrected chi connectivity index (χ1v) is 8.65. The van der Waals surface area contributed by atoms with E-state index in [4.69, 9.17) is 4.74 Å². The molecule has 0 saturated carbocycles. The number of likely N-dealkylation sites (N-methyl/N-ethyl adjacent to an activating group) is 1. The van der Waals surface area contributed by atoms with Gasteiger partial charge in [0.05, 0.1) is 0 Å². The minimum absolute atomic E-state index is 0. The maximum absolute atomic E-state index is 10.5. The van der Waals surface area contributed by atoms with E-state index in [9.17, 15) is 5.11 Å². The highest BCUT2D eigenvalue weighted by Gasteiger charge is 2.44. The summed E-state index contributed by atoms with van der Waals surface area (Å²) >= 11 is 0. The molecule has 7 heteroatoms. The lowest BCUT2D eigenvalue weighted by Crippen LogP contribution is -2.48. The van der Waals surface area contributed by atoms with E-state index in [0.717, 1.165) is 55.2 Å². The maximum atomic E-state index is 10.5. The number of nitrogens with zero attached hydrogens (tertiary/aromatic N) is 2. The van der Waals surface area contributed by atoms with Crippen LogP contribution in [0.1, 0.15) is 42.0 Å². The number of piperazine rings is 1. The Morgan fingerprint density at radius 2 is 1.54 bits per heavy atom. The molecule has 1 fully saturated rings. The topological polar surface area (TPSA) is 67.4 Å². The third-order valence-electron chi connectivity index (χ3n) is 5.85. The van der Waals surface area contributed by atoms with Gasteiger partial charge in [0, 0.05) is 44.2 Å². The van der Waals surface area contributed by atoms with Gasteiger partial charge in [0.1, 0.15) is 17.1 Å². The smallest absolute Gasteiger partial charge is 0.127 e. The summed E-state index contributed by atoms with van der Waals surface area (Å²) < 4.78 is 6.37. The molecule has 26 heavy (non-hydrogen) atoms. The van der Waals surface area contributed by atoms with Gasteiger partial charge in [-0.15, -0.1) is 24.8 Å². The lowest BCUT2D eigenvalue weighted by molar-refractivity contribution is 0.0745. The molecule has 1 aromatic rings. The van der Waals surface area contributed by atoms with E-state index in [2.05, 4.69) is 37.6 Å². The number of benzene rings is 1. The van der Waals surface area contributed by atoms with Crippen LogP contribution in [0, 0.1) is 20.8 Å². The molecule has 1 unspecified atom stereocenters. The quantitative estimate of drug-likeness (QED) is 0.816.